The summed E-state index contributed by atoms with van der Waals surface area (Å²) in [5, 5.41) is 3.54. The Balaban J connectivity index is 2.53. The molecule has 1 aromatic rings. The summed E-state index contributed by atoms with van der Waals surface area (Å²) in [7, 11) is 0. The Kier molecular flexibility index (Phi) is 3.48. The van der Waals surface area contributed by atoms with E-state index in [4.69, 9.17) is 11.6 Å². The molecule has 1 aromatic carbocycles. The predicted octanol–water partition coefficient (Wildman–Crippen LogP) is 3.27. The molecule has 0 aromatic heterocycles. The highest BCUT2D eigenvalue weighted by Crippen LogP contribution is 2.25. The molecule has 0 fully saturated rings. The zero-order chi connectivity index (χ0) is 12.4. The van der Waals surface area contributed by atoms with Gasteiger partial charge in [-0.05, 0) is 31.5 Å². The highest BCUT2D eigenvalue weighted by atomic mass is 35.5. The van der Waals surface area contributed by atoms with Crippen LogP contribution in [0.1, 0.15) is 32.3 Å². The minimum absolute atomic E-state index is 0.0697. The number of hydrogen-bond donors (Lipinski definition) is 1. The number of carbonyl (C=O) groups excluding carboxylic acids is 1. The molecule has 1 aliphatic rings. The number of nitrogens with zero attached hydrogens (tertiary/aromatic N) is 1. The number of benzene rings is 1. The smallest absolute Gasteiger partial charge is 0.248 e. The van der Waals surface area contributed by atoms with Crippen LogP contribution in [0.25, 0.3) is 0 Å². The van der Waals surface area contributed by atoms with Crippen LogP contribution >= 0.6 is 11.6 Å². The quantitative estimate of drug-likeness (QED) is 0.860. The monoisotopic (exact) mass is 250 g/mol. The Labute approximate surface area is 106 Å². The second-order valence-corrected chi connectivity index (χ2v) is 4.62. The van der Waals surface area contributed by atoms with Gasteiger partial charge in [0.1, 0.15) is 6.04 Å². The van der Waals surface area contributed by atoms with Gasteiger partial charge in [0.25, 0.3) is 0 Å². The predicted molar refractivity (Wildman–Crippen MR) is 71.0 cm³/mol. The van der Waals surface area contributed by atoms with Crippen molar-refractivity contribution in [1.29, 1.82) is 0 Å². The van der Waals surface area contributed by atoms with Gasteiger partial charge in [-0.25, -0.2) is 0 Å². The summed E-state index contributed by atoms with van der Waals surface area (Å²) in [6.45, 7) is 3.90. The summed E-state index contributed by atoms with van der Waals surface area (Å²) in [5.74, 6) is -0.0697. The van der Waals surface area contributed by atoms with Crippen LogP contribution < -0.4 is 5.32 Å². The molecule has 0 saturated heterocycles. The van der Waals surface area contributed by atoms with Gasteiger partial charge in [-0.1, -0.05) is 24.9 Å². The number of nitrogens with one attached hydrogen (secondary N) is 1. The molecule has 1 heterocycles. The second-order valence-electron chi connectivity index (χ2n) is 4.18. The van der Waals surface area contributed by atoms with E-state index in [0.29, 0.717) is 5.02 Å². The summed E-state index contributed by atoms with van der Waals surface area (Å²) in [6.07, 6.45) is 1.85. The van der Waals surface area contributed by atoms with Crippen molar-refractivity contribution in [3.63, 3.8) is 0 Å². The first kappa shape index (κ1) is 12.1. The van der Waals surface area contributed by atoms with Gasteiger partial charge in [0.05, 0.1) is 0 Å². The average Bonchev–Trinajstić information content (AvgIpc) is 2.40. The number of aliphatic imine (C=N–C) groups is 1. The van der Waals surface area contributed by atoms with Gasteiger partial charge >= 0.3 is 0 Å². The van der Waals surface area contributed by atoms with Crippen molar-refractivity contribution in [3.05, 3.63) is 28.8 Å². The number of amides is 1. The number of carbonyl (C=O) groups is 1. The number of benzodiazepines with no additional fused rings is 1. The van der Waals surface area contributed by atoms with Crippen LogP contribution in [0.4, 0.5) is 5.69 Å². The van der Waals surface area contributed by atoms with Gasteiger partial charge in [0.15, 0.2) is 0 Å². The molecule has 2 rings (SSSR count). The summed E-state index contributed by atoms with van der Waals surface area (Å²) >= 11 is 6.00. The van der Waals surface area contributed by atoms with Gasteiger partial charge < -0.3 is 5.32 Å². The maximum absolute atomic E-state index is 11.8. The highest BCUT2D eigenvalue weighted by Gasteiger charge is 2.21. The van der Waals surface area contributed by atoms with Crippen molar-refractivity contribution in [2.24, 2.45) is 4.99 Å². The van der Waals surface area contributed by atoms with Crippen molar-refractivity contribution in [1.82, 2.24) is 0 Å². The van der Waals surface area contributed by atoms with Gasteiger partial charge in [0.2, 0.25) is 5.91 Å². The molecule has 0 bridgehead atoms. The molecule has 4 heteroatoms. The molecular weight excluding hydrogens is 236 g/mol. The van der Waals surface area contributed by atoms with E-state index < -0.39 is 0 Å². The normalized spacial score (nSPS) is 19.1. The van der Waals surface area contributed by atoms with E-state index in [-0.39, 0.29) is 11.9 Å². The molecule has 3 nitrogen and oxygen atoms in total. The van der Waals surface area contributed by atoms with E-state index in [1.165, 1.54) is 0 Å². The van der Waals surface area contributed by atoms with E-state index in [9.17, 15) is 4.79 Å². The van der Waals surface area contributed by atoms with E-state index in [2.05, 4.69) is 17.2 Å². The molecule has 0 saturated carbocycles. The van der Waals surface area contributed by atoms with Crippen LogP contribution in [0.3, 0.4) is 0 Å². The Morgan fingerprint density at radius 2 is 2.24 bits per heavy atom. The van der Waals surface area contributed by atoms with Crippen LogP contribution in [-0.2, 0) is 4.79 Å². The van der Waals surface area contributed by atoms with Crippen LogP contribution in [0.5, 0.6) is 0 Å². The third-order valence-electron chi connectivity index (χ3n) is 2.77. The fraction of sp³-hybridized carbons (Fsp3) is 0.385. The van der Waals surface area contributed by atoms with Crippen LogP contribution in [0.15, 0.2) is 23.2 Å². The summed E-state index contributed by atoms with van der Waals surface area (Å²) < 4.78 is 0. The molecule has 17 heavy (non-hydrogen) atoms. The Morgan fingerprint density at radius 1 is 1.47 bits per heavy atom. The molecule has 0 radical (unpaired) electrons. The van der Waals surface area contributed by atoms with Gasteiger partial charge in [-0.2, -0.15) is 0 Å². The fourth-order valence-corrected chi connectivity index (χ4v) is 2.07. The number of fused-ring (bicyclic) bond motifs is 1. The maximum atomic E-state index is 11.8. The third kappa shape index (κ3) is 2.50. The molecule has 90 valence electrons. The first-order chi connectivity index (χ1) is 8.11. The fourth-order valence-electron chi connectivity index (χ4n) is 1.90. The second kappa shape index (κ2) is 4.88. The van der Waals surface area contributed by atoms with Crippen LogP contribution in [0.2, 0.25) is 5.02 Å². The lowest BCUT2D eigenvalue weighted by atomic mass is 10.0. The topological polar surface area (TPSA) is 41.5 Å². The highest BCUT2D eigenvalue weighted by molar-refractivity contribution is 6.31. The van der Waals surface area contributed by atoms with Gasteiger partial charge in [0, 0.05) is 22.0 Å². The van der Waals surface area contributed by atoms with Crippen molar-refractivity contribution in [2.45, 2.75) is 32.7 Å². The van der Waals surface area contributed by atoms with Gasteiger partial charge in [-0.3, -0.25) is 9.79 Å². The Hall–Kier alpha value is -1.35. The first-order valence-corrected chi connectivity index (χ1v) is 6.17. The molecule has 1 amide bonds. The molecule has 1 aliphatic heterocycles. The lowest BCUT2D eigenvalue weighted by Gasteiger charge is -2.09. The van der Waals surface area contributed by atoms with Crippen LogP contribution in [0, 0.1) is 0 Å². The van der Waals surface area contributed by atoms with E-state index in [1.807, 2.05) is 12.1 Å². The molecule has 1 unspecified atom stereocenters. The maximum Gasteiger partial charge on any atom is 0.248 e. The minimum atomic E-state index is -0.345. The minimum Gasteiger partial charge on any atom is -0.324 e. The van der Waals surface area contributed by atoms with Gasteiger partial charge in [-0.15, -0.1) is 0 Å². The van der Waals surface area contributed by atoms with E-state index >= 15 is 0 Å². The summed E-state index contributed by atoms with van der Waals surface area (Å²) in [6, 6.07) is 5.13. The third-order valence-corrected chi connectivity index (χ3v) is 3.00. The van der Waals surface area contributed by atoms with Crippen molar-refractivity contribution in [2.75, 3.05) is 5.32 Å². The summed E-state index contributed by atoms with van der Waals surface area (Å²) in [5.41, 5.74) is 2.70. The van der Waals surface area contributed by atoms with Crippen molar-refractivity contribution >= 4 is 28.9 Å². The largest absolute Gasteiger partial charge is 0.324 e. The number of hydrogen-bond acceptors (Lipinski definition) is 2. The van der Waals surface area contributed by atoms with Crippen molar-refractivity contribution in [3.8, 4) is 0 Å². The zero-order valence-electron chi connectivity index (χ0n) is 9.96. The van der Waals surface area contributed by atoms with Crippen LogP contribution in [-0.4, -0.2) is 17.7 Å². The molecule has 0 aliphatic carbocycles. The lowest BCUT2D eigenvalue weighted by molar-refractivity contribution is -0.116. The molecule has 1 atom stereocenters. The van der Waals surface area contributed by atoms with Crippen molar-refractivity contribution < 1.29 is 4.79 Å². The molecule has 0 spiro atoms. The van der Waals surface area contributed by atoms with E-state index in [0.717, 1.165) is 29.8 Å². The standard InChI is InChI=1S/C13H15ClN2O/c1-3-4-11-10-7-9(14)5-6-12(10)16-13(17)8(2)15-11/h5-8H,3-4H2,1-2H3,(H,16,17). The lowest BCUT2D eigenvalue weighted by Crippen LogP contribution is -2.22. The Bertz CT molecular complexity index is 482. The van der Waals surface area contributed by atoms with E-state index in [1.54, 1.807) is 13.0 Å². The molecule has 1 N–H and O–H groups in total. The number of halogens is 1. The SMILES string of the molecule is CCCC1=NC(C)C(=O)Nc2ccc(Cl)cc21. The summed E-state index contributed by atoms with van der Waals surface area (Å²) in [4.78, 5) is 16.2. The number of anilines is 1. The molecular formula is C13H15ClN2O. The Morgan fingerprint density at radius 3 is 2.94 bits per heavy atom. The zero-order valence-corrected chi connectivity index (χ0v) is 10.7. The average molecular weight is 251 g/mol. The first-order valence-electron chi connectivity index (χ1n) is 5.79. The number of rotatable bonds is 2.